The minimum atomic E-state index is -0.460. The van der Waals surface area contributed by atoms with E-state index in [0.29, 0.717) is 22.0 Å². The number of hydrogen-bond donors (Lipinski definition) is 0. The number of aromatic nitrogens is 1. The molecule has 5 rings (SSSR count). The van der Waals surface area contributed by atoms with Crippen LogP contribution in [0.3, 0.4) is 0 Å². The SMILES string of the molecule is Cc1c(/C=C2\SC(=O)N(CC(=O)c3ccc(Br)cc3)C2=O)c2ccccc2n1Cc1ccccc1Cl. The van der Waals surface area contributed by atoms with Gasteiger partial charge in [-0.2, -0.15) is 0 Å². The molecule has 0 atom stereocenters. The molecule has 5 nitrogen and oxygen atoms in total. The number of amides is 2. The summed E-state index contributed by atoms with van der Waals surface area (Å²) in [6.07, 6.45) is 1.76. The molecule has 0 saturated carbocycles. The minimum absolute atomic E-state index is 0.293. The lowest BCUT2D eigenvalue weighted by molar-refractivity contribution is -0.122. The monoisotopic (exact) mass is 578 g/mol. The van der Waals surface area contributed by atoms with Gasteiger partial charge in [0.1, 0.15) is 0 Å². The average molecular weight is 580 g/mol. The van der Waals surface area contributed by atoms with Crippen molar-refractivity contribution in [1.82, 2.24) is 9.47 Å². The Balaban J connectivity index is 1.47. The lowest BCUT2D eigenvalue weighted by Gasteiger charge is -2.11. The van der Waals surface area contributed by atoms with E-state index in [2.05, 4.69) is 20.5 Å². The van der Waals surface area contributed by atoms with Crippen molar-refractivity contribution in [1.29, 1.82) is 0 Å². The highest BCUT2D eigenvalue weighted by molar-refractivity contribution is 9.10. The lowest BCUT2D eigenvalue weighted by atomic mass is 10.1. The molecule has 2 heterocycles. The molecule has 0 spiro atoms. The second-order valence-electron chi connectivity index (χ2n) is 8.39. The summed E-state index contributed by atoms with van der Waals surface area (Å²) in [5.74, 6) is -0.753. The van der Waals surface area contributed by atoms with Gasteiger partial charge >= 0.3 is 0 Å². The van der Waals surface area contributed by atoms with E-state index in [0.717, 1.165) is 48.9 Å². The fourth-order valence-corrected chi connectivity index (χ4v) is 5.56. The molecule has 36 heavy (non-hydrogen) atoms. The predicted molar refractivity (Wildman–Crippen MR) is 148 cm³/mol. The number of carbonyl (C=O) groups is 3. The third kappa shape index (κ3) is 4.66. The van der Waals surface area contributed by atoms with Crippen molar-refractivity contribution in [2.45, 2.75) is 13.5 Å². The molecule has 4 aromatic rings. The van der Waals surface area contributed by atoms with Crippen LogP contribution in [0.25, 0.3) is 17.0 Å². The normalized spacial score (nSPS) is 14.9. The van der Waals surface area contributed by atoms with Gasteiger partial charge in [0.05, 0.1) is 11.4 Å². The van der Waals surface area contributed by atoms with E-state index in [4.69, 9.17) is 11.6 Å². The Kier molecular flexibility index (Phi) is 6.88. The summed E-state index contributed by atoms with van der Waals surface area (Å²) in [4.78, 5) is 39.9. The maximum absolute atomic E-state index is 13.2. The predicted octanol–water partition coefficient (Wildman–Crippen LogP) is 7.33. The number of imide groups is 1. The molecule has 3 aromatic carbocycles. The highest BCUT2D eigenvalue weighted by atomic mass is 79.9. The minimum Gasteiger partial charge on any atom is -0.340 e. The number of fused-ring (bicyclic) bond motifs is 1. The summed E-state index contributed by atoms with van der Waals surface area (Å²) in [6, 6.07) is 22.5. The summed E-state index contributed by atoms with van der Waals surface area (Å²) in [7, 11) is 0. The fourth-order valence-electron chi connectivity index (χ4n) is 4.28. The van der Waals surface area contributed by atoms with Crippen LogP contribution in [0, 0.1) is 6.92 Å². The van der Waals surface area contributed by atoms with Gasteiger partial charge in [-0.1, -0.05) is 76.1 Å². The molecule has 1 saturated heterocycles. The Morgan fingerprint density at radius 2 is 1.69 bits per heavy atom. The van der Waals surface area contributed by atoms with E-state index >= 15 is 0 Å². The van der Waals surface area contributed by atoms with Crippen molar-refractivity contribution in [2.75, 3.05) is 6.54 Å². The van der Waals surface area contributed by atoms with Gasteiger partial charge in [0.15, 0.2) is 5.78 Å². The van der Waals surface area contributed by atoms with Crippen molar-refractivity contribution >= 4 is 73.2 Å². The summed E-state index contributed by atoms with van der Waals surface area (Å²) >= 11 is 10.6. The van der Waals surface area contributed by atoms with Crippen LogP contribution in [0.1, 0.15) is 27.2 Å². The number of nitrogens with zero attached hydrogens (tertiary/aromatic N) is 2. The van der Waals surface area contributed by atoms with Crippen molar-refractivity contribution in [2.24, 2.45) is 0 Å². The first-order chi connectivity index (χ1) is 17.3. The molecule has 8 heteroatoms. The molecule has 0 radical (unpaired) electrons. The Morgan fingerprint density at radius 3 is 2.44 bits per heavy atom. The first-order valence-electron chi connectivity index (χ1n) is 11.2. The molecule has 2 amide bonds. The van der Waals surface area contributed by atoms with Crippen molar-refractivity contribution in [3.63, 3.8) is 0 Å². The van der Waals surface area contributed by atoms with Crippen LogP contribution in [0.5, 0.6) is 0 Å². The summed E-state index contributed by atoms with van der Waals surface area (Å²) < 4.78 is 3.00. The van der Waals surface area contributed by atoms with E-state index in [1.807, 2.05) is 55.5 Å². The number of halogens is 2. The van der Waals surface area contributed by atoms with E-state index in [1.165, 1.54) is 0 Å². The molecular formula is C28H20BrClN2O3S. The summed E-state index contributed by atoms with van der Waals surface area (Å²) in [6.45, 7) is 2.27. The molecule has 0 unspecified atom stereocenters. The van der Waals surface area contributed by atoms with E-state index in [-0.39, 0.29) is 12.3 Å². The number of hydrogen-bond acceptors (Lipinski definition) is 4. The Hall–Kier alpha value is -3.13. The first-order valence-corrected chi connectivity index (χ1v) is 13.2. The first kappa shape index (κ1) is 24.6. The van der Waals surface area contributed by atoms with Gasteiger partial charge in [-0.05, 0) is 54.6 Å². The third-order valence-electron chi connectivity index (χ3n) is 6.18. The molecule has 1 aliphatic rings. The quantitative estimate of drug-likeness (QED) is 0.177. The smallest absolute Gasteiger partial charge is 0.293 e. The zero-order valence-corrected chi connectivity index (χ0v) is 22.4. The van der Waals surface area contributed by atoms with Crippen molar-refractivity contribution in [3.8, 4) is 0 Å². The topological polar surface area (TPSA) is 59.4 Å². The second-order valence-corrected chi connectivity index (χ2v) is 10.7. The number of carbonyl (C=O) groups excluding carboxylic acids is 3. The van der Waals surface area contributed by atoms with Crippen molar-refractivity contribution in [3.05, 3.63) is 110 Å². The fraction of sp³-hybridized carbons (Fsp3) is 0.107. The number of ketones is 1. The van der Waals surface area contributed by atoms with Crippen molar-refractivity contribution < 1.29 is 14.4 Å². The third-order valence-corrected chi connectivity index (χ3v) is 7.99. The Morgan fingerprint density at radius 1 is 1.00 bits per heavy atom. The van der Waals surface area contributed by atoms with Crippen LogP contribution in [0.2, 0.25) is 5.02 Å². The highest BCUT2D eigenvalue weighted by Crippen LogP contribution is 2.36. The number of para-hydroxylation sites is 1. The zero-order chi connectivity index (χ0) is 25.4. The van der Waals surface area contributed by atoms with Crippen LogP contribution in [0.4, 0.5) is 4.79 Å². The summed E-state index contributed by atoms with van der Waals surface area (Å²) in [5, 5.41) is 1.21. The molecule has 1 aromatic heterocycles. The Bertz CT molecular complexity index is 1560. The zero-order valence-electron chi connectivity index (χ0n) is 19.2. The molecule has 180 valence electrons. The number of benzene rings is 3. The standard InChI is InChI=1S/C28H20BrClN2O3S/c1-17-22(21-7-3-5-9-24(21)31(17)15-19-6-2-4-8-23(19)30)14-26-27(34)32(28(35)36-26)16-25(33)18-10-12-20(29)13-11-18/h2-14H,15-16H2,1H3/b26-14-. The highest BCUT2D eigenvalue weighted by Gasteiger charge is 2.36. The van der Waals surface area contributed by atoms with Gasteiger partial charge in [0, 0.05) is 43.8 Å². The molecule has 0 aliphatic carbocycles. The second kappa shape index (κ2) is 10.1. The molecular weight excluding hydrogens is 560 g/mol. The van der Waals surface area contributed by atoms with Crippen LogP contribution < -0.4 is 0 Å². The van der Waals surface area contributed by atoms with Gasteiger partial charge in [-0.3, -0.25) is 19.3 Å². The maximum Gasteiger partial charge on any atom is 0.293 e. The maximum atomic E-state index is 13.2. The summed E-state index contributed by atoms with van der Waals surface area (Å²) in [5.41, 5.74) is 4.25. The Labute approximate surface area is 225 Å². The van der Waals surface area contributed by atoms with E-state index in [1.54, 1.807) is 30.3 Å². The van der Waals surface area contributed by atoms with Gasteiger partial charge in [0.2, 0.25) is 0 Å². The van der Waals surface area contributed by atoms with Gasteiger partial charge in [-0.15, -0.1) is 0 Å². The number of thioether (sulfide) groups is 1. The number of Topliss-reactive ketones (excluding diaryl/α,β-unsaturated/α-hetero) is 1. The van der Waals surface area contributed by atoms with Crippen LogP contribution in [-0.2, 0) is 11.3 Å². The largest absolute Gasteiger partial charge is 0.340 e. The van der Waals surface area contributed by atoms with E-state index in [9.17, 15) is 14.4 Å². The van der Waals surface area contributed by atoms with Crippen LogP contribution in [-0.4, -0.2) is 32.9 Å². The van der Waals surface area contributed by atoms with Crippen LogP contribution in [0.15, 0.2) is 82.2 Å². The van der Waals surface area contributed by atoms with Gasteiger partial charge in [-0.25, -0.2) is 0 Å². The average Bonchev–Trinajstić information content (AvgIpc) is 3.29. The molecule has 0 N–H and O–H groups in total. The van der Waals surface area contributed by atoms with Gasteiger partial charge < -0.3 is 4.57 Å². The van der Waals surface area contributed by atoms with E-state index < -0.39 is 11.1 Å². The number of rotatable bonds is 6. The van der Waals surface area contributed by atoms with Crippen LogP contribution >= 0.6 is 39.3 Å². The lowest BCUT2D eigenvalue weighted by Crippen LogP contribution is -2.33. The van der Waals surface area contributed by atoms with Gasteiger partial charge in [0.25, 0.3) is 11.1 Å². The molecule has 0 bridgehead atoms. The molecule has 1 fully saturated rings. The molecule has 1 aliphatic heterocycles.